The quantitative estimate of drug-likeness (QED) is 0.612. The molecule has 1 aromatic carbocycles. The Morgan fingerprint density at radius 3 is 2.50 bits per heavy atom. The molecule has 6 nitrogen and oxygen atoms in total. The van der Waals surface area contributed by atoms with Crippen LogP contribution in [0.4, 0.5) is 0 Å². The summed E-state index contributed by atoms with van der Waals surface area (Å²) in [5.41, 5.74) is 2.52. The van der Waals surface area contributed by atoms with Gasteiger partial charge in [0.15, 0.2) is 5.96 Å². The maximum Gasteiger partial charge on any atom is 0.194 e. The van der Waals surface area contributed by atoms with Gasteiger partial charge in [0.25, 0.3) is 0 Å². The molecule has 0 spiro atoms. The molecular formula is C19H27BrN6. The van der Waals surface area contributed by atoms with E-state index in [0.717, 1.165) is 48.7 Å². The van der Waals surface area contributed by atoms with Gasteiger partial charge in [-0.3, -0.25) is 14.6 Å². The number of benzene rings is 1. The number of hydrogen-bond donors (Lipinski definition) is 1. The molecular weight excluding hydrogens is 392 g/mol. The third-order valence-corrected chi connectivity index (χ3v) is 5.46. The Morgan fingerprint density at radius 1 is 1.23 bits per heavy atom. The van der Waals surface area contributed by atoms with E-state index in [1.54, 1.807) is 0 Å². The molecule has 1 aliphatic heterocycles. The van der Waals surface area contributed by atoms with Crippen LogP contribution in [-0.2, 0) is 13.6 Å². The van der Waals surface area contributed by atoms with Crippen molar-refractivity contribution < 1.29 is 0 Å². The number of hydrogen-bond acceptors (Lipinski definition) is 3. The topological polar surface area (TPSA) is 48.7 Å². The molecule has 26 heavy (non-hydrogen) atoms. The van der Waals surface area contributed by atoms with Crippen LogP contribution < -0.4 is 5.32 Å². The predicted molar refractivity (Wildman–Crippen MR) is 109 cm³/mol. The Morgan fingerprint density at radius 2 is 1.92 bits per heavy atom. The molecule has 1 aliphatic rings. The molecule has 1 atom stereocenters. The Kier molecular flexibility index (Phi) is 6.32. The third kappa shape index (κ3) is 4.65. The number of rotatable bonds is 4. The normalized spacial score (nSPS) is 17.4. The number of aryl methyl sites for hydroxylation is 1. The van der Waals surface area contributed by atoms with Crippen molar-refractivity contribution in [3.63, 3.8) is 0 Å². The van der Waals surface area contributed by atoms with Crippen LogP contribution in [-0.4, -0.2) is 58.8 Å². The molecule has 2 heterocycles. The van der Waals surface area contributed by atoms with Crippen molar-refractivity contribution in [2.24, 2.45) is 12.0 Å². The van der Waals surface area contributed by atoms with E-state index in [4.69, 9.17) is 0 Å². The molecule has 0 radical (unpaired) electrons. The highest BCUT2D eigenvalue weighted by Crippen LogP contribution is 2.23. The zero-order valence-corrected chi connectivity index (χ0v) is 17.3. The molecule has 1 fully saturated rings. The van der Waals surface area contributed by atoms with Crippen LogP contribution in [0.5, 0.6) is 0 Å². The minimum atomic E-state index is 0.426. The highest BCUT2D eigenvalue weighted by Gasteiger charge is 2.23. The van der Waals surface area contributed by atoms with Crippen LogP contribution in [0, 0.1) is 0 Å². The summed E-state index contributed by atoms with van der Waals surface area (Å²) in [4.78, 5) is 9.32. The summed E-state index contributed by atoms with van der Waals surface area (Å²) in [5.74, 6) is 0.963. The fourth-order valence-corrected chi connectivity index (χ4v) is 3.61. The number of aliphatic imine (C=N–C) groups is 1. The first-order valence-electron chi connectivity index (χ1n) is 8.99. The van der Waals surface area contributed by atoms with Gasteiger partial charge >= 0.3 is 0 Å². The molecule has 140 valence electrons. The lowest BCUT2D eigenvalue weighted by atomic mass is 10.1. The summed E-state index contributed by atoms with van der Waals surface area (Å²) >= 11 is 3.51. The average molecular weight is 419 g/mol. The number of nitrogens with zero attached hydrogens (tertiary/aromatic N) is 5. The molecule has 1 unspecified atom stereocenters. The van der Waals surface area contributed by atoms with E-state index in [0.29, 0.717) is 6.04 Å². The monoisotopic (exact) mass is 418 g/mol. The van der Waals surface area contributed by atoms with Crippen molar-refractivity contribution >= 4 is 21.9 Å². The Labute approximate surface area is 164 Å². The first-order valence-corrected chi connectivity index (χ1v) is 9.78. The van der Waals surface area contributed by atoms with Crippen molar-refractivity contribution in [1.82, 2.24) is 24.9 Å². The minimum absolute atomic E-state index is 0.426. The van der Waals surface area contributed by atoms with E-state index >= 15 is 0 Å². The van der Waals surface area contributed by atoms with Crippen LogP contribution in [0.3, 0.4) is 0 Å². The van der Waals surface area contributed by atoms with Gasteiger partial charge in [-0.2, -0.15) is 5.10 Å². The van der Waals surface area contributed by atoms with Crippen molar-refractivity contribution in [3.05, 3.63) is 52.3 Å². The number of guanidine groups is 1. The van der Waals surface area contributed by atoms with Crippen molar-refractivity contribution in [2.75, 3.05) is 33.2 Å². The Bertz CT molecular complexity index is 731. The van der Waals surface area contributed by atoms with Gasteiger partial charge in [0.1, 0.15) is 0 Å². The van der Waals surface area contributed by atoms with Crippen LogP contribution in [0.25, 0.3) is 0 Å². The SMILES string of the molecule is CN=C(NCc1cnn(C)c1)N1CCN(C(C)c2ccc(Br)cc2)CC1. The van der Waals surface area contributed by atoms with Crippen LogP contribution in [0.15, 0.2) is 46.1 Å². The highest BCUT2D eigenvalue weighted by atomic mass is 79.9. The van der Waals surface area contributed by atoms with Gasteiger partial charge in [-0.25, -0.2) is 0 Å². The largest absolute Gasteiger partial charge is 0.352 e. The van der Waals surface area contributed by atoms with Gasteiger partial charge in [-0.15, -0.1) is 0 Å². The van der Waals surface area contributed by atoms with E-state index in [9.17, 15) is 0 Å². The molecule has 0 aliphatic carbocycles. The Hall–Kier alpha value is -1.86. The van der Waals surface area contributed by atoms with Crippen LogP contribution in [0.1, 0.15) is 24.1 Å². The van der Waals surface area contributed by atoms with Gasteiger partial charge < -0.3 is 10.2 Å². The van der Waals surface area contributed by atoms with Crippen LogP contribution >= 0.6 is 15.9 Å². The number of piperazine rings is 1. The van der Waals surface area contributed by atoms with E-state index < -0.39 is 0 Å². The molecule has 3 rings (SSSR count). The fourth-order valence-electron chi connectivity index (χ4n) is 3.35. The molecule has 2 aromatic rings. The minimum Gasteiger partial charge on any atom is -0.352 e. The summed E-state index contributed by atoms with van der Waals surface area (Å²) in [6.45, 7) is 7.06. The van der Waals surface area contributed by atoms with Crippen molar-refractivity contribution in [1.29, 1.82) is 0 Å². The van der Waals surface area contributed by atoms with Gasteiger partial charge in [-0.1, -0.05) is 28.1 Å². The number of halogens is 1. The van der Waals surface area contributed by atoms with Gasteiger partial charge in [0.2, 0.25) is 0 Å². The summed E-state index contributed by atoms with van der Waals surface area (Å²) in [6.07, 6.45) is 3.91. The lowest BCUT2D eigenvalue weighted by Gasteiger charge is -2.39. The molecule has 0 bridgehead atoms. The van der Waals surface area contributed by atoms with E-state index in [1.165, 1.54) is 5.56 Å². The van der Waals surface area contributed by atoms with Crippen LogP contribution in [0.2, 0.25) is 0 Å². The lowest BCUT2D eigenvalue weighted by molar-refractivity contribution is 0.138. The maximum atomic E-state index is 4.45. The Balaban J connectivity index is 1.52. The second-order valence-corrected chi connectivity index (χ2v) is 7.59. The second-order valence-electron chi connectivity index (χ2n) is 6.67. The molecule has 0 saturated carbocycles. The molecule has 7 heteroatoms. The second kappa shape index (κ2) is 8.68. The fraction of sp³-hybridized carbons (Fsp3) is 0.474. The van der Waals surface area contributed by atoms with E-state index in [2.05, 4.69) is 72.3 Å². The summed E-state index contributed by atoms with van der Waals surface area (Å²) in [7, 11) is 3.78. The average Bonchev–Trinajstić information content (AvgIpc) is 3.08. The molecule has 1 aromatic heterocycles. The first kappa shape index (κ1) is 18.9. The third-order valence-electron chi connectivity index (χ3n) is 4.93. The van der Waals surface area contributed by atoms with Gasteiger partial charge in [0, 0.05) is 69.1 Å². The number of aromatic nitrogens is 2. The first-order chi connectivity index (χ1) is 12.6. The van der Waals surface area contributed by atoms with E-state index in [-0.39, 0.29) is 0 Å². The molecule has 0 amide bonds. The molecule has 1 saturated heterocycles. The highest BCUT2D eigenvalue weighted by molar-refractivity contribution is 9.10. The lowest BCUT2D eigenvalue weighted by Crippen LogP contribution is -2.52. The zero-order chi connectivity index (χ0) is 18.5. The number of nitrogens with one attached hydrogen (secondary N) is 1. The predicted octanol–water partition coefficient (Wildman–Crippen LogP) is 2.64. The summed E-state index contributed by atoms with van der Waals surface area (Å²) in [5, 5.41) is 7.66. The molecule has 1 N–H and O–H groups in total. The van der Waals surface area contributed by atoms with E-state index in [1.807, 2.05) is 31.2 Å². The standard InChI is InChI=1S/C19H27BrN6/c1-15(17-4-6-18(20)7-5-17)25-8-10-26(11-9-25)19(21-2)22-12-16-13-23-24(3)14-16/h4-7,13-15H,8-12H2,1-3H3,(H,21,22). The van der Waals surface area contributed by atoms with Gasteiger partial charge in [0.05, 0.1) is 6.20 Å². The summed E-state index contributed by atoms with van der Waals surface area (Å²) in [6, 6.07) is 9.07. The summed E-state index contributed by atoms with van der Waals surface area (Å²) < 4.78 is 2.95. The zero-order valence-electron chi connectivity index (χ0n) is 15.7. The van der Waals surface area contributed by atoms with Crippen molar-refractivity contribution in [3.8, 4) is 0 Å². The smallest absolute Gasteiger partial charge is 0.194 e. The maximum absolute atomic E-state index is 4.45. The van der Waals surface area contributed by atoms with Crippen molar-refractivity contribution in [2.45, 2.75) is 19.5 Å². The van der Waals surface area contributed by atoms with Gasteiger partial charge in [-0.05, 0) is 24.6 Å².